The number of hydrogen-bond acceptors (Lipinski definition) is 3. The molecule has 110 valence electrons. The van der Waals surface area contributed by atoms with Crippen LogP contribution in [0.1, 0.15) is 12.0 Å². The van der Waals surface area contributed by atoms with E-state index in [9.17, 15) is 4.79 Å². The van der Waals surface area contributed by atoms with Crippen molar-refractivity contribution >= 4 is 43.5 Å². The maximum absolute atomic E-state index is 12.1. The molecule has 6 heteroatoms. The van der Waals surface area contributed by atoms with Gasteiger partial charge in [0.1, 0.15) is 0 Å². The molecule has 0 spiro atoms. The average Bonchev–Trinajstić information content (AvgIpc) is 2.81. The van der Waals surface area contributed by atoms with Crippen molar-refractivity contribution in [2.45, 2.75) is 19.4 Å². The highest BCUT2D eigenvalue weighted by atomic mass is 79.9. The van der Waals surface area contributed by atoms with Gasteiger partial charge in [-0.2, -0.15) is 0 Å². The Kier molecular flexibility index (Phi) is 5.60. The molecule has 1 aliphatic heterocycles. The predicted molar refractivity (Wildman–Crippen MR) is 89.1 cm³/mol. The molecule has 20 heavy (non-hydrogen) atoms. The van der Waals surface area contributed by atoms with Gasteiger partial charge in [-0.05, 0) is 69.9 Å². The van der Waals surface area contributed by atoms with Crippen LogP contribution in [-0.2, 0) is 4.79 Å². The summed E-state index contributed by atoms with van der Waals surface area (Å²) in [4.78, 5) is 14.3. The summed E-state index contributed by atoms with van der Waals surface area (Å²) in [5.41, 5.74) is 1.93. The number of carbonyl (C=O) groups excluding carboxylic acids is 1. The van der Waals surface area contributed by atoms with E-state index < -0.39 is 0 Å². The van der Waals surface area contributed by atoms with Crippen LogP contribution in [0.3, 0.4) is 0 Å². The zero-order valence-electron chi connectivity index (χ0n) is 11.7. The minimum absolute atomic E-state index is 0.0204. The number of nitrogens with zero attached hydrogens (tertiary/aromatic N) is 1. The van der Waals surface area contributed by atoms with Crippen molar-refractivity contribution < 1.29 is 4.79 Å². The molecule has 1 unspecified atom stereocenters. The monoisotopic (exact) mass is 403 g/mol. The van der Waals surface area contributed by atoms with Gasteiger partial charge >= 0.3 is 0 Å². The fraction of sp³-hybridized carbons (Fsp3) is 0.500. The lowest BCUT2D eigenvalue weighted by atomic mass is 10.2. The Labute approximate surface area is 136 Å². The van der Waals surface area contributed by atoms with Gasteiger partial charge in [0, 0.05) is 28.1 Å². The number of benzene rings is 1. The van der Waals surface area contributed by atoms with E-state index in [4.69, 9.17) is 0 Å². The number of anilines is 1. The summed E-state index contributed by atoms with van der Waals surface area (Å²) in [5.74, 6) is 0.0204. The molecule has 1 amide bonds. The molecular formula is C14H19Br2N3O. The first-order valence-electron chi connectivity index (χ1n) is 6.64. The number of nitrogens with one attached hydrogen (secondary N) is 2. The van der Waals surface area contributed by atoms with Gasteiger partial charge in [-0.1, -0.05) is 0 Å². The van der Waals surface area contributed by atoms with E-state index in [1.807, 2.05) is 26.1 Å². The van der Waals surface area contributed by atoms with Crippen LogP contribution in [0.5, 0.6) is 0 Å². The third kappa shape index (κ3) is 4.04. The van der Waals surface area contributed by atoms with Crippen molar-refractivity contribution in [3.63, 3.8) is 0 Å². The molecule has 1 aromatic carbocycles. The van der Waals surface area contributed by atoms with Crippen LogP contribution in [0.4, 0.5) is 5.69 Å². The Balaban J connectivity index is 1.95. The summed E-state index contributed by atoms with van der Waals surface area (Å²) in [6.45, 7) is 4.35. The number of rotatable bonds is 4. The maximum Gasteiger partial charge on any atom is 0.238 e. The highest BCUT2D eigenvalue weighted by Gasteiger charge is 2.23. The van der Waals surface area contributed by atoms with Crippen LogP contribution < -0.4 is 10.6 Å². The maximum atomic E-state index is 12.1. The topological polar surface area (TPSA) is 44.4 Å². The Morgan fingerprint density at radius 2 is 2.05 bits per heavy atom. The fourth-order valence-electron chi connectivity index (χ4n) is 2.41. The average molecular weight is 405 g/mol. The zero-order valence-corrected chi connectivity index (χ0v) is 14.8. The SMILES string of the molecule is CNC1CCN(CC(=O)Nc2c(Br)cc(C)cc2Br)C1. The highest BCUT2D eigenvalue weighted by molar-refractivity contribution is 9.11. The highest BCUT2D eigenvalue weighted by Crippen LogP contribution is 2.32. The lowest BCUT2D eigenvalue weighted by molar-refractivity contribution is -0.117. The van der Waals surface area contributed by atoms with Gasteiger partial charge in [0.2, 0.25) is 5.91 Å². The summed E-state index contributed by atoms with van der Waals surface area (Å²) in [6, 6.07) is 4.49. The molecule has 1 atom stereocenters. The van der Waals surface area contributed by atoms with Crippen molar-refractivity contribution in [2.24, 2.45) is 0 Å². The van der Waals surface area contributed by atoms with E-state index in [1.54, 1.807) is 0 Å². The molecule has 1 aromatic rings. The van der Waals surface area contributed by atoms with Crippen LogP contribution >= 0.6 is 31.9 Å². The van der Waals surface area contributed by atoms with Gasteiger partial charge < -0.3 is 10.6 Å². The number of halogens is 2. The van der Waals surface area contributed by atoms with Gasteiger partial charge in [-0.15, -0.1) is 0 Å². The third-order valence-electron chi connectivity index (χ3n) is 3.50. The minimum Gasteiger partial charge on any atom is -0.323 e. The van der Waals surface area contributed by atoms with Crippen molar-refractivity contribution in [3.05, 3.63) is 26.6 Å². The summed E-state index contributed by atoms with van der Waals surface area (Å²) < 4.78 is 1.79. The third-order valence-corrected chi connectivity index (χ3v) is 4.75. The Bertz CT molecular complexity index is 484. The quantitative estimate of drug-likeness (QED) is 0.810. The smallest absolute Gasteiger partial charge is 0.238 e. The molecule has 2 rings (SSSR count). The molecule has 2 N–H and O–H groups in total. The van der Waals surface area contributed by atoms with Gasteiger partial charge in [0.05, 0.1) is 12.2 Å². The van der Waals surface area contributed by atoms with Crippen LogP contribution in [0.2, 0.25) is 0 Å². The first-order valence-corrected chi connectivity index (χ1v) is 8.23. The Morgan fingerprint density at radius 1 is 1.40 bits per heavy atom. The molecule has 0 radical (unpaired) electrons. The normalized spacial score (nSPS) is 19.3. The van der Waals surface area contributed by atoms with Crippen LogP contribution in [0.25, 0.3) is 0 Å². The number of likely N-dealkylation sites (N-methyl/N-ethyl adjacent to an activating group) is 1. The second kappa shape index (κ2) is 7.02. The second-order valence-electron chi connectivity index (χ2n) is 5.16. The van der Waals surface area contributed by atoms with Crippen LogP contribution in [0.15, 0.2) is 21.1 Å². The van der Waals surface area contributed by atoms with E-state index in [1.165, 1.54) is 0 Å². The molecule has 0 bridgehead atoms. The molecule has 4 nitrogen and oxygen atoms in total. The van der Waals surface area contributed by atoms with Crippen molar-refractivity contribution in [1.82, 2.24) is 10.2 Å². The van der Waals surface area contributed by atoms with Gasteiger partial charge in [0.25, 0.3) is 0 Å². The Hall–Kier alpha value is -0.430. The van der Waals surface area contributed by atoms with E-state index in [2.05, 4.69) is 47.4 Å². The molecule has 0 aliphatic carbocycles. The van der Waals surface area contributed by atoms with Crippen molar-refractivity contribution in [2.75, 3.05) is 32.0 Å². The zero-order chi connectivity index (χ0) is 14.7. The molecule has 1 heterocycles. The van der Waals surface area contributed by atoms with Crippen LogP contribution in [0, 0.1) is 6.92 Å². The fourth-order valence-corrected chi connectivity index (χ4v) is 4.03. The number of hydrogen-bond donors (Lipinski definition) is 2. The number of carbonyl (C=O) groups is 1. The molecule has 0 aromatic heterocycles. The predicted octanol–water partition coefficient (Wildman–Crippen LogP) is 2.75. The van der Waals surface area contributed by atoms with Crippen LogP contribution in [-0.4, -0.2) is 43.5 Å². The largest absolute Gasteiger partial charge is 0.323 e. The summed E-state index contributed by atoms with van der Waals surface area (Å²) in [6.07, 6.45) is 1.10. The molecule has 0 saturated carbocycles. The summed E-state index contributed by atoms with van der Waals surface area (Å²) >= 11 is 6.98. The van der Waals surface area contributed by atoms with Gasteiger partial charge in [-0.3, -0.25) is 9.69 Å². The lowest BCUT2D eigenvalue weighted by Gasteiger charge is -2.16. The number of amides is 1. The van der Waals surface area contributed by atoms with E-state index in [0.29, 0.717) is 12.6 Å². The van der Waals surface area contributed by atoms with Crippen molar-refractivity contribution in [1.29, 1.82) is 0 Å². The van der Waals surface area contributed by atoms with E-state index in [0.717, 1.165) is 39.7 Å². The second-order valence-corrected chi connectivity index (χ2v) is 6.87. The lowest BCUT2D eigenvalue weighted by Crippen LogP contribution is -2.34. The molecule has 1 saturated heterocycles. The first kappa shape index (κ1) is 15.9. The van der Waals surface area contributed by atoms with E-state index >= 15 is 0 Å². The molecular weight excluding hydrogens is 386 g/mol. The molecule has 1 aliphatic rings. The van der Waals surface area contributed by atoms with Gasteiger partial charge in [0.15, 0.2) is 0 Å². The summed E-state index contributed by atoms with van der Waals surface area (Å²) in [7, 11) is 1.97. The first-order chi connectivity index (χ1) is 9.49. The standard InChI is InChI=1S/C14H19Br2N3O/c1-9-5-11(15)14(12(16)6-9)18-13(20)8-19-4-3-10(7-19)17-2/h5-6,10,17H,3-4,7-8H2,1-2H3,(H,18,20). The Morgan fingerprint density at radius 3 is 2.60 bits per heavy atom. The van der Waals surface area contributed by atoms with Crippen molar-refractivity contribution in [3.8, 4) is 0 Å². The van der Waals surface area contributed by atoms with Gasteiger partial charge in [-0.25, -0.2) is 0 Å². The summed E-state index contributed by atoms with van der Waals surface area (Å²) in [5, 5.41) is 6.22. The number of aryl methyl sites for hydroxylation is 1. The van der Waals surface area contributed by atoms with E-state index in [-0.39, 0.29) is 5.91 Å². The minimum atomic E-state index is 0.0204. The molecule has 1 fully saturated rings. The number of likely N-dealkylation sites (tertiary alicyclic amines) is 1.